The smallest absolute Gasteiger partial charge is 0.225 e. The molecule has 1 saturated carbocycles. The standard InChI is InChI=1S/C13H26N2O2/c1-3-15(7-8-17-2)13(16)12-6-4-5-11(9-12)10-14/h11-12H,3-10,14H2,1-2H3. The number of amides is 1. The monoisotopic (exact) mass is 242 g/mol. The predicted molar refractivity (Wildman–Crippen MR) is 68.6 cm³/mol. The Bertz CT molecular complexity index is 233. The van der Waals surface area contributed by atoms with E-state index < -0.39 is 0 Å². The van der Waals surface area contributed by atoms with Gasteiger partial charge in [0.15, 0.2) is 0 Å². The van der Waals surface area contributed by atoms with E-state index in [2.05, 4.69) is 0 Å². The van der Waals surface area contributed by atoms with E-state index in [1.807, 2.05) is 11.8 Å². The van der Waals surface area contributed by atoms with Crippen LogP contribution in [0.3, 0.4) is 0 Å². The van der Waals surface area contributed by atoms with Crippen LogP contribution in [0.1, 0.15) is 32.6 Å². The van der Waals surface area contributed by atoms with Gasteiger partial charge in [-0.1, -0.05) is 6.42 Å². The summed E-state index contributed by atoms with van der Waals surface area (Å²) < 4.78 is 5.04. The largest absolute Gasteiger partial charge is 0.383 e. The molecular weight excluding hydrogens is 216 g/mol. The maximum absolute atomic E-state index is 12.3. The molecule has 4 nitrogen and oxygen atoms in total. The molecule has 4 heteroatoms. The van der Waals surface area contributed by atoms with Crippen LogP contribution in [0.15, 0.2) is 0 Å². The number of hydrogen-bond donors (Lipinski definition) is 1. The molecule has 2 unspecified atom stereocenters. The molecule has 0 aromatic rings. The summed E-state index contributed by atoms with van der Waals surface area (Å²) in [4.78, 5) is 14.2. The van der Waals surface area contributed by atoms with Gasteiger partial charge in [0.1, 0.15) is 0 Å². The Hall–Kier alpha value is -0.610. The van der Waals surface area contributed by atoms with E-state index in [1.54, 1.807) is 7.11 Å². The molecule has 0 aromatic carbocycles. The summed E-state index contributed by atoms with van der Waals surface area (Å²) >= 11 is 0. The zero-order valence-corrected chi connectivity index (χ0v) is 11.2. The highest BCUT2D eigenvalue weighted by Gasteiger charge is 2.29. The molecule has 0 saturated heterocycles. The van der Waals surface area contributed by atoms with Gasteiger partial charge in [0.25, 0.3) is 0 Å². The van der Waals surface area contributed by atoms with Gasteiger partial charge in [-0.05, 0) is 38.6 Å². The summed E-state index contributed by atoms with van der Waals surface area (Å²) in [7, 11) is 1.67. The van der Waals surface area contributed by atoms with Crippen molar-refractivity contribution in [3.8, 4) is 0 Å². The number of carbonyl (C=O) groups is 1. The van der Waals surface area contributed by atoms with Gasteiger partial charge in [0.2, 0.25) is 5.91 Å². The fourth-order valence-corrected chi connectivity index (χ4v) is 2.61. The molecule has 17 heavy (non-hydrogen) atoms. The van der Waals surface area contributed by atoms with Gasteiger partial charge in [0, 0.05) is 26.1 Å². The van der Waals surface area contributed by atoms with Crippen molar-refractivity contribution in [1.82, 2.24) is 4.90 Å². The second kappa shape index (κ2) is 7.67. The number of nitrogens with zero attached hydrogens (tertiary/aromatic N) is 1. The fourth-order valence-electron chi connectivity index (χ4n) is 2.61. The average Bonchev–Trinajstić information content (AvgIpc) is 2.39. The van der Waals surface area contributed by atoms with Crippen LogP contribution < -0.4 is 5.73 Å². The summed E-state index contributed by atoms with van der Waals surface area (Å²) in [5.74, 6) is 1.02. The van der Waals surface area contributed by atoms with Crippen molar-refractivity contribution < 1.29 is 9.53 Å². The summed E-state index contributed by atoms with van der Waals surface area (Å²) in [5.41, 5.74) is 5.71. The molecule has 100 valence electrons. The van der Waals surface area contributed by atoms with Crippen LogP contribution in [0.4, 0.5) is 0 Å². The van der Waals surface area contributed by atoms with Gasteiger partial charge in [0.05, 0.1) is 6.61 Å². The lowest BCUT2D eigenvalue weighted by molar-refractivity contribution is -0.137. The molecule has 1 aliphatic carbocycles. The van der Waals surface area contributed by atoms with E-state index in [0.29, 0.717) is 31.5 Å². The normalized spacial score (nSPS) is 24.6. The van der Waals surface area contributed by atoms with E-state index >= 15 is 0 Å². The van der Waals surface area contributed by atoms with Gasteiger partial charge in [-0.25, -0.2) is 0 Å². The number of hydrogen-bond acceptors (Lipinski definition) is 3. The first kappa shape index (κ1) is 14.5. The van der Waals surface area contributed by atoms with Crippen LogP contribution in [0.2, 0.25) is 0 Å². The van der Waals surface area contributed by atoms with Crippen LogP contribution in [-0.2, 0) is 9.53 Å². The van der Waals surface area contributed by atoms with Crippen LogP contribution in [0, 0.1) is 11.8 Å². The predicted octanol–water partition coefficient (Wildman–Crippen LogP) is 1.25. The summed E-state index contributed by atoms with van der Waals surface area (Å²) in [6.07, 6.45) is 4.32. The third-order valence-electron chi connectivity index (χ3n) is 3.72. The molecule has 1 fully saturated rings. The summed E-state index contributed by atoms with van der Waals surface area (Å²) in [6.45, 7) is 4.83. The van der Waals surface area contributed by atoms with Crippen LogP contribution in [0.5, 0.6) is 0 Å². The van der Waals surface area contributed by atoms with Crippen molar-refractivity contribution in [3.05, 3.63) is 0 Å². The highest BCUT2D eigenvalue weighted by Crippen LogP contribution is 2.29. The van der Waals surface area contributed by atoms with Crippen molar-refractivity contribution in [3.63, 3.8) is 0 Å². The molecule has 0 aliphatic heterocycles. The number of methoxy groups -OCH3 is 1. The van der Waals surface area contributed by atoms with Crippen molar-refractivity contribution >= 4 is 5.91 Å². The van der Waals surface area contributed by atoms with E-state index in [4.69, 9.17) is 10.5 Å². The van der Waals surface area contributed by atoms with Crippen LogP contribution in [0.25, 0.3) is 0 Å². The minimum Gasteiger partial charge on any atom is -0.383 e. The lowest BCUT2D eigenvalue weighted by Crippen LogP contribution is -2.40. The molecule has 0 radical (unpaired) electrons. The minimum atomic E-state index is 0.189. The highest BCUT2D eigenvalue weighted by molar-refractivity contribution is 5.78. The molecule has 2 N–H and O–H groups in total. The maximum Gasteiger partial charge on any atom is 0.225 e. The molecule has 0 aromatic heterocycles. The molecular formula is C13H26N2O2. The first-order chi connectivity index (χ1) is 8.22. The quantitative estimate of drug-likeness (QED) is 0.762. The van der Waals surface area contributed by atoms with E-state index in [9.17, 15) is 4.79 Å². The lowest BCUT2D eigenvalue weighted by Gasteiger charge is -2.31. The molecule has 1 rings (SSSR count). The Morgan fingerprint density at radius 2 is 2.24 bits per heavy atom. The average molecular weight is 242 g/mol. The zero-order chi connectivity index (χ0) is 12.7. The molecule has 0 bridgehead atoms. The Kier molecular flexibility index (Phi) is 6.52. The van der Waals surface area contributed by atoms with Crippen LogP contribution >= 0.6 is 0 Å². The third kappa shape index (κ3) is 4.28. The Balaban J connectivity index is 2.48. The van der Waals surface area contributed by atoms with Crippen molar-refractivity contribution in [2.24, 2.45) is 17.6 Å². The van der Waals surface area contributed by atoms with Gasteiger partial charge < -0.3 is 15.4 Å². The van der Waals surface area contributed by atoms with Gasteiger partial charge in [-0.3, -0.25) is 4.79 Å². The molecule has 0 spiro atoms. The van der Waals surface area contributed by atoms with Gasteiger partial charge in [-0.15, -0.1) is 0 Å². The van der Waals surface area contributed by atoms with Gasteiger partial charge >= 0.3 is 0 Å². The van der Waals surface area contributed by atoms with E-state index in [-0.39, 0.29) is 5.92 Å². The number of likely N-dealkylation sites (N-methyl/N-ethyl adjacent to an activating group) is 1. The van der Waals surface area contributed by atoms with Gasteiger partial charge in [-0.2, -0.15) is 0 Å². The fraction of sp³-hybridized carbons (Fsp3) is 0.923. The summed E-state index contributed by atoms with van der Waals surface area (Å²) in [5, 5.41) is 0. The lowest BCUT2D eigenvalue weighted by atomic mass is 9.81. The van der Waals surface area contributed by atoms with E-state index in [0.717, 1.165) is 25.8 Å². The second-order valence-corrected chi connectivity index (χ2v) is 4.88. The van der Waals surface area contributed by atoms with Crippen LogP contribution in [-0.4, -0.2) is 44.2 Å². The first-order valence-corrected chi connectivity index (χ1v) is 6.70. The van der Waals surface area contributed by atoms with Crippen molar-refractivity contribution in [2.45, 2.75) is 32.6 Å². The summed E-state index contributed by atoms with van der Waals surface area (Å²) in [6, 6.07) is 0. The van der Waals surface area contributed by atoms with Crippen molar-refractivity contribution in [2.75, 3.05) is 33.4 Å². The Morgan fingerprint density at radius 1 is 1.47 bits per heavy atom. The third-order valence-corrected chi connectivity index (χ3v) is 3.72. The molecule has 1 aliphatic rings. The SMILES string of the molecule is CCN(CCOC)C(=O)C1CCCC(CN)C1. The highest BCUT2D eigenvalue weighted by atomic mass is 16.5. The van der Waals surface area contributed by atoms with E-state index in [1.165, 1.54) is 6.42 Å². The molecule has 1 amide bonds. The second-order valence-electron chi connectivity index (χ2n) is 4.88. The number of ether oxygens (including phenoxy) is 1. The maximum atomic E-state index is 12.3. The van der Waals surface area contributed by atoms with Crippen molar-refractivity contribution in [1.29, 1.82) is 0 Å². The zero-order valence-electron chi connectivity index (χ0n) is 11.2. The number of carbonyl (C=O) groups excluding carboxylic acids is 1. The number of nitrogens with two attached hydrogens (primary N) is 1. The first-order valence-electron chi connectivity index (χ1n) is 6.70. The topological polar surface area (TPSA) is 55.6 Å². The number of rotatable bonds is 6. The molecule has 0 heterocycles. The Morgan fingerprint density at radius 3 is 2.82 bits per heavy atom. The Labute approximate surface area is 104 Å². The molecule has 2 atom stereocenters. The minimum absolute atomic E-state index is 0.189.